The zero-order valence-corrected chi connectivity index (χ0v) is 10.7. The van der Waals surface area contributed by atoms with Crippen LogP contribution in [0.5, 0.6) is 5.75 Å². The summed E-state index contributed by atoms with van der Waals surface area (Å²) in [6.45, 7) is 4.07. The number of H-pyrrole nitrogens is 1. The monoisotopic (exact) mass is 247 g/mol. The maximum Gasteiger partial charge on any atom is 0.127 e. The molecule has 0 saturated carbocycles. The van der Waals surface area contributed by atoms with Crippen LogP contribution < -0.4 is 16.0 Å². The van der Waals surface area contributed by atoms with E-state index in [1.165, 1.54) is 5.56 Å². The molecule has 0 aliphatic carbocycles. The van der Waals surface area contributed by atoms with Gasteiger partial charge >= 0.3 is 0 Å². The third-order valence-electron chi connectivity index (χ3n) is 3.12. The van der Waals surface area contributed by atoms with E-state index in [1.807, 2.05) is 26.0 Å². The lowest BCUT2D eigenvalue weighted by atomic mass is 9.98. The van der Waals surface area contributed by atoms with Crippen LogP contribution in [0.15, 0.2) is 18.3 Å². The van der Waals surface area contributed by atoms with Crippen molar-refractivity contribution in [2.24, 2.45) is 5.84 Å². The Morgan fingerprint density at radius 1 is 1.39 bits per heavy atom. The molecule has 0 aliphatic rings. The second-order valence-electron chi connectivity index (χ2n) is 4.12. The first-order valence-electron chi connectivity index (χ1n) is 5.65. The van der Waals surface area contributed by atoms with E-state index < -0.39 is 0 Å². The summed E-state index contributed by atoms with van der Waals surface area (Å²) in [6.07, 6.45) is 1.64. The Hall–Kier alpha value is -1.92. The van der Waals surface area contributed by atoms with Gasteiger partial charge in [0.05, 0.1) is 19.3 Å². The number of ether oxygens (including phenoxy) is 1. The van der Waals surface area contributed by atoms with Gasteiger partial charge in [0.1, 0.15) is 11.4 Å². The second kappa shape index (κ2) is 5.16. The Kier molecular flexibility index (Phi) is 3.59. The Morgan fingerprint density at radius 2 is 2.17 bits per heavy atom. The van der Waals surface area contributed by atoms with Gasteiger partial charge in [0.2, 0.25) is 0 Å². The summed E-state index contributed by atoms with van der Waals surface area (Å²) >= 11 is 0. The fraction of sp³-hybridized carbons (Fsp3) is 0.333. The highest BCUT2D eigenvalue weighted by Crippen LogP contribution is 2.32. The molecule has 1 aromatic heterocycles. The van der Waals surface area contributed by atoms with Crippen LogP contribution in [0.3, 0.4) is 0 Å². The smallest absolute Gasteiger partial charge is 0.127 e. The summed E-state index contributed by atoms with van der Waals surface area (Å²) in [7, 11) is 1.65. The summed E-state index contributed by atoms with van der Waals surface area (Å²) in [5.74, 6) is 6.44. The van der Waals surface area contributed by atoms with Gasteiger partial charge < -0.3 is 4.74 Å². The van der Waals surface area contributed by atoms with Crippen LogP contribution in [-0.2, 0) is 0 Å². The minimum Gasteiger partial charge on any atom is -0.496 e. The van der Waals surface area contributed by atoms with Crippen molar-refractivity contribution < 1.29 is 4.74 Å². The molecule has 0 spiro atoms. The zero-order valence-electron chi connectivity index (χ0n) is 10.7. The number of hydrogen-bond donors (Lipinski definition) is 3. The molecule has 1 atom stereocenters. The van der Waals surface area contributed by atoms with Crippen LogP contribution in [0.2, 0.25) is 0 Å². The van der Waals surface area contributed by atoms with E-state index in [4.69, 9.17) is 10.6 Å². The van der Waals surface area contributed by atoms with Gasteiger partial charge in [0.15, 0.2) is 0 Å². The second-order valence-corrected chi connectivity index (χ2v) is 4.12. The van der Waals surface area contributed by atoms with Crippen molar-refractivity contribution in [1.29, 1.82) is 0 Å². The molecule has 96 valence electrons. The summed E-state index contributed by atoms with van der Waals surface area (Å²) in [5, 5.41) is 10.4. The minimum atomic E-state index is -0.252. The molecule has 1 unspecified atom stereocenters. The molecule has 0 amide bonds. The average Bonchev–Trinajstić information content (AvgIpc) is 2.89. The Bertz CT molecular complexity index is 524. The van der Waals surface area contributed by atoms with E-state index >= 15 is 0 Å². The van der Waals surface area contributed by atoms with Gasteiger partial charge in [0, 0.05) is 5.56 Å². The van der Waals surface area contributed by atoms with Crippen molar-refractivity contribution in [2.45, 2.75) is 19.9 Å². The molecule has 0 saturated heterocycles. The Morgan fingerprint density at radius 3 is 2.72 bits per heavy atom. The fourth-order valence-corrected chi connectivity index (χ4v) is 1.99. The number of rotatable bonds is 4. The molecular weight excluding hydrogens is 230 g/mol. The van der Waals surface area contributed by atoms with Crippen molar-refractivity contribution in [3.8, 4) is 5.75 Å². The molecule has 1 heterocycles. The van der Waals surface area contributed by atoms with Gasteiger partial charge in [-0.25, -0.2) is 5.43 Å². The van der Waals surface area contributed by atoms with Gasteiger partial charge in [-0.3, -0.25) is 5.84 Å². The predicted octanol–water partition coefficient (Wildman–Crippen LogP) is 0.983. The van der Waals surface area contributed by atoms with Crippen molar-refractivity contribution in [1.82, 2.24) is 20.8 Å². The molecule has 4 N–H and O–H groups in total. The van der Waals surface area contributed by atoms with Crippen LogP contribution in [0.4, 0.5) is 0 Å². The van der Waals surface area contributed by atoms with Crippen LogP contribution in [-0.4, -0.2) is 22.5 Å². The number of aromatic nitrogens is 3. The van der Waals surface area contributed by atoms with E-state index in [0.717, 1.165) is 22.6 Å². The van der Waals surface area contributed by atoms with E-state index in [1.54, 1.807) is 13.3 Å². The third-order valence-corrected chi connectivity index (χ3v) is 3.12. The summed E-state index contributed by atoms with van der Waals surface area (Å²) in [4.78, 5) is 0. The summed E-state index contributed by atoms with van der Waals surface area (Å²) < 4.78 is 5.48. The molecular formula is C12H17N5O. The standard InChI is InChI=1S/C12H17N5O/c1-7-4-5-9(12(18-3)8(7)2)11(15-13)10-6-14-17-16-10/h4-6,11,15H,13H2,1-3H3,(H,14,16,17). The van der Waals surface area contributed by atoms with Crippen LogP contribution in [0.1, 0.15) is 28.4 Å². The van der Waals surface area contributed by atoms with Crippen molar-refractivity contribution >= 4 is 0 Å². The number of aryl methyl sites for hydroxylation is 1. The number of nitrogens with two attached hydrogens (primary N) is 1. The number of hydrogen-bond acceptors (Lipinski definition) is 5. The van der Waals surface area contributed by atoms with Gasteiger partial charge in [-0.15, -0.1) is 0 Å². The molecule has 1 aromatic carbocycles. The number of nitrogens with zero attached hydrogens (tertiary/aromatic N) is 2. The highest BCUT2D eigenvalue weighted by molar-refractivity contribution is 5.48. The number of aromatic amines is 1. The lowest BCUT2D eigenvalue weighted by molar-refractivity contribution is 0.400. The van der Waals surface area contributed by atoms with Gasteiger partial charge in [0.25, 0.3) is 0 Å². The Balaban J connectivity index is 2.52. The quantitative estimate of drug-likeness (QED) is 0.553. The highest BCUT2D eigenvalue weighted by atomic mass is 16.5. The number of nitrogens with one attached hydrogen (secondary N) is 2. The molecule has 18 heavy (non-hydrogen) atoms. The molecule has 0 bridgehead atoms. The minimum absolute atomic E-state index is 0.252. The molecule has 6 heteroatoms. The van der Waals surface area contributed by atoms with Gasteiger partial charge in [-0.1, -0.05) is 12.1 Å². The van der Waals surface area contributed by atoms with Crippen molar-refractivity contribution in [3.63, 3.8) is 0 Å². The lowest BCUT2D eigenvalue weighted by Gasteiger charge is -2.19. The molecule has 0 aliphatic heterocycles. The first-order chi connectivity index (χ1) is 8.69. The normalized spacial score (nSPS) is 12.4. The van der Waals surface area contributed by atoms with E-state index in [0.29, 0.717) is 0 Å². The fourth-order valence-electron chi connectivity index (χ4n) is 1.99. The van der Waals surface area contributed by atoms with E-state index in [9.17, 15) is 0 Å². The number of methoxy groups -OCH3 is 1. The van der Waals surface area contributed by atoms with E-state index in [2.05, 4.69) is 20.8 Å². The highest BCUT2D eigenvalue weighted by Gasteiger charge is 2.21. The predicted molar refractivity (Wildman–Crippen MR) is 68.0 cm³/mol. The topological polar surface area (TPSA) is 88.9 Å². The van der Waals surface area contributed by atoms with Crippen LogP contribution in [0, 0.1) is 13.8 Å². The SMILES string of the molecule is COc1c(C(NN)c2cn[nH]n2)ccc(C)c1C. The maximum absolute atomic E-state index is 5.62. The van der Waals surface area contributed by atoms with Gasteiger partial charge in [-0.2, -0.15) is 15.4 Å². The third kappa shape index (κ3) is 2.07. The number of hydrazine groups is 1. The first kappa shape index (κ1) is 12.5. The van der Waals surface area contributed by atoms with Crippen molar-refractivity contribution in [2.75, 3.05) is 7.11 Å². The van der Waals surface area contributed by atoms with Crippen LogP contribution in [0.25, 0.3) is 0 Å². The van der Waals surface area contributed by atoms with Crippen LogP contribution >= 0.6 is 0 Å². The lowest BCUT2D eigenvalue weighted by Crippen LogP contribution is -2.29. The molecule has 2 rings (SSSR count). The largest absolute Gasteiger partial charge is 0.496 e. The summed E-state index contributed by atoms with van der Waals surface area (Å²) in [5.41, 5.74) is 6.67. The average molecular weight is 247 g/mol. The molecule has 6 nitrogen and oxygen atoms in total. The van der Waals surface area contributed by atoms with Crippen molar-refractivity contribution in [3.05, 3.63) is 40.7 Å². The number of benzene rings is 1. The van der Waals surface area contributed by atoms with E-state index in [-0.39, 0.29) is 6.04 Å². The Labute approximate surface area is 106 Å². The zero-order chi connectivity index (χ0) is 13.1. The molecule has 0 fully saturated rings. The molecule has 0 radical (unpaired) electrons. The van der Waals surface area contributed by atoms with Gasteiger partial charge in [-0.05, 0) is 25.0 Å². The maximum atomic E-state index is 5.62. The first-order valence-corrected chi connectivity index (χ1v) is 5.65. The molecule has 2 aromatic rings. The summed E-state index contributed by atoms with van der Waals surface area (Å²) in [6, 6.07) is 3.77.